The van der Waals surface area contributed by atoms with E-state index in [1.807, 2.05) is 13.8 Å². The van der Waals surface area contributed by atoms with Crippen molar-refractivity contribution in [2.45, 2.75) is 50.8 Å². The summed E-state index contributed by atoms with van der Waals surface area (Å²) in [5, 5.41) is 10.0. The zero-order valence-electron chi connectivity index (χ0n) is 8.31. The molecule has 0 aromatic carbocycles. The highest BCUT2D eigenvalue weighted by Gasteiger charge is 2.42. The lowest BCUT2D eigenvalue weighted by molar-refractivity contribution is -0.0627. The molecule has 0 aromatic rings. The van der Waals surface area contributed by atoms with Gasteiger partial charge in [0, 0.05) is 0 Å². The Kier molecular flexibility index (Phi) is 2.68. The van der Waals surface area contributed by atoms with E-state index in [-0.39, 0.29) is 18.8 Å². The Morgan fingerprint density at radius 1 is 1.31 bits per heavy atom. The number of rotatable bonds is 1. The van der Waals surface area contributed by atoms with E-state index in [0.717, 1.165) is 0 Å². The molecule has 0 unspecified atom stereocenters. The third-order valence-electron chi connectivity index (χ3n) is 3.24. The Hall–Kier alpha value is -0.550. The number of hydrogen-bond donors (Lipinski definition) is 1. The minimum atomic E-state index is -1.47. The van der Waals surface area contributed by atoms with Crippen LogP contribution in [0.25, 0.3) is 0 Å². The lowest BCUT2D eigenvalue weighted by Crippen LogP contribution is -2.43. The van der Waals surface area contributed by atoms with Crippen molar-refractivity contribution in [3.8, 4) is 12.3 Å². The Bertz CT molecular complexity index is 219. The summed E-state index contributed by atoms with van der Waals surface area (Å²) in [6.45, 7) is 3.92. The number of hydrogen-bond acceptors (Lipinski definition) is 1. The molecule has 1 N–H and O–H groups in total. The second-order valence-corrected chi connectivity index (χ2v) is 4.37. The van der Waals surface area contributed by atoms with Gasteiger partial charge < -0.3 is 5.11 Å². The maximum Gasteiger partial charge on any atom is 0.170 e. The molecule has 0 aliphatic heterocycles. The first-order valence-electron chi connectivity index (χ1n) is 4.81. The average molecular weight is 184 g/mol. The first-order chi connectivity index (χ1) is 5.92. The van der Waals surface area contributed by atoms with Crippen molar-refractivity contribution in [2.24, 2.45) is 5.92 Å². The molecule has 1 rings (SSSR count). The molecule has 1 fully saturated rings. The zero-order valence-corrected chi connectivity index (χ0v) is 8.31. The molecule has 1 nitrogen and oxygen atoms in total. The van der Waals surface area contributed by atoms with Gasteiger partial charge in [-0.3, -0.25) is 0 Å². The summed E-state index contributed by atoms with van der Waals surface area (Å²) in [4.78, 5) is 0. The van der Waals surface area contributed by atoms with Gasteiger partial charge in [-0.2, -0.15) is 0 Å². The Morgan fingerprint density at radius 2 is 1.77 bits per heavy atom. The van der Waals surface area contributed by atoms with Crippen molar-refractivity contribution in [3.63, 3.8) is 0 Å². The highest BCUT2D eigenvalue weighted by molar-refractivity contribution is 5.11. The summed E-state index contributed by atoms with van der Waals surface area (Å²) in [7, 11) is 0. The molecule has 1 aliphatic carbocycles. The smallest absolute Gasteiger partial charge is 0.170 e. The minimum absolute atomic E-state index is 0.176. The molecule has 0 heterocycles. The number of aliphatic hydroxyl groups is 1. The van der Waals surface area contributed by atoms with E-state index in [4.69, 9.17) is 6.42 Å². The molecule has 2 heteroatoms. The highest BCUT2D eigenvalue weighted by Crippen LogP contribution is 2.40. The van der Waals surface area contributed by atoms with Crippen molar-refractivity contribution in [2.75, 3.05) is 0 Å². The standard InChI is InChI=1S/C11H17FO/c1-4-10(12)5-7-11(13,8-6-10)9(2)3/h1,9,13H,5-8H2,2-3H3. The van der Waals surface area contributed by atoms with Gasteiger partial charge in [0.2, 0.25) is 0 Å². The second kappa shape index (κ2) is 3.31. The monoisotopic (exact) mass is 184 g/mol. The van der Waals surface area contributed by atoms with Crippen LogP contribution in [0, 0.1) is 18.3 Å². The third kappa shape index (κ3) is 2.03. The van der Waals surface area contributed by atoms with Crippen molar-refractivity contribution in [3.05, 3.63) is 0 Å². The third-order valence-corrected chi connectivity index (χ3v) is 3.24. The van der Waals surface area contributed by atoms with Crippen LogP contribution >= 0.6 is 0 Å². The van der Waals surface area contributed by atoms with E-state index in [1.54, 1.807) is 0 Å². The quantitative estimate of drug-likeness (QED) is 0.620. The SMILES string of the molecule is C#CC1(F)CCC(O)(C(C)C)CC1. The van der Waals surface area contributed by atoms with Gasteiger partial charge in [-0.25, -0.2) is 4.39 Å². The van der Waals surface area contributed by atoms with Gasteiger partial charge in [0.1, 0.15) is 0 Å². The maximum atomic E-state index is 13.6. The molecule has 0 spiro atoms. The molecule has 0 aromatic heterocycles. The molecule has 0 saturated heterocycles. The van der Waals surface area contributed by atoms with Gasteiger partial charge in [0.15, 0.2) is 5.67 Å². The summed E-state index contributed by atoms with van der Waals surface area (Å²) in [6, 6.07) is 0. The fourth-order valence-electron chi connectivity index (χ4n) is 1.80. The molecule has 1 saturated carbocycles. The highest BCUT2D eigenvalue weighted by atomic mass is 19.1. The summed E-state index contributed by atoms with van der Waals surface area (Å²) in [5.74, 6) is 2.35. The number of terminal acetylenes is 1. The summed E-state index contributed by atoms with van der Waals surface area (Å²) in [5.41, 5.74) is -2.17. The van der Waals surface area contributed by atoms with Gasteiger partial charge >= 0.3 is 0 Å². The van der Waals surface area contributed by atoms with E-state index in [2.05, 4.69) is 5.92 Å². The van der Waals surface area contributed by atoms with Crippen LogP contribution < -0.4 is 0 Å². The van der Waals surface area contributed by atoms with Crippen LogP contribution in [-0.4, -0.2) is 16.4 Å². The van der Waals surface area contributed by atoms with Crippen LogP contribution in [0.1, 0.15) is 39.5 Å². The Labute approximate surface area is 79.3 Å². The van der Waals surface area contributed by atoms with E-state index < -0.39 is 11.3 Å². The van der Waals surface area contributed by atoms with Crippen molar-refractivity contribution >= 4 is 0 Å². The van der Waals surface area contributed by atoms with E-state index in [0.29, 0.717) is 12.8 Å². The number of alkyl halides is 1. The van der Waals surface area contributed by atoms with Crippen LogP contribution in [0.3, 0.4) is 0 Å². The first kappa shape index (κ1) is 10.5. The van der Waals surface area contributed by atoms with Gasteiger partial charge in [-0.15, -0.1) is 6.42 Å². The Balaban J connectivity index is 2.63. The molecule has 13 heavy (non-hydrogen) atoms. The predicted octanol–water partition coefficient (Wildman–Crippen LogP) is 2.29. The van der Waals surface area contributed by atoms with E-state index in [9.17, 15) is 9.50 Å². The number of halogens is 1. The maximum absolute atomic E-state index is 13.6. The molecule has 1 aliphatic rings. The molecule has 74 valence electrons. The zero-order chi connectivity index (χ0) is 10.1. The lowest BCUT2D eigenvalue weighted by Gasteiger charge is -2.40. The normalized spacial score (nSPS) is 40.3. The molecular formula is C11H17FO. The van der Waals surface area contributed by atoms with Crippen LogP contribution in [-0.2, 0) is 0 Å². The lowest BCUT2D eigenvalue weighted by atomic mass is 9.72. The van der Waals surface area contributed by atoms with Gasteiger partial charge in [0.05, 0.1) is 5.60 Å². The molecule has 0 bridgehead atoms. The fourth-order valence-corrected chi connectivity index (χ4v) is 1.80. The average Bonchev–Trinajstić information content (AvgIpc) is 2.11. The van der Waals surface area contributed by atoms with E-state index in [1.165, 1.54) is 0 Å². The van der Waals surface area contributed by atoms with Crippen LogP contribution in [0.5, 0.6) is 0 Å². The molecular weight excluding hydrogens is 167 g/mol. The molecule has 0 radical (unpaired) electrons. The van der Waals surface area contributed by atoms with Crippen LogP contribution in [0.4, 0.5) is 4.39 Å². The minimum Gasteiger partial charge on any atom is -0.390 e. The predicted molar refractivity (Wildman–Crippen MR) is 50.9 cm³/mol. The summed E-state index contributed by atoms with van der Waals surface area (Å²) < 4.78 is 13.6. The largest absolute Gasteiger partial charge is 0.390 e. The van der Waals surface area contributed by atoms with Crippen LogP contribution in [0.2, 0.25) is 0 Å². The molecule has 0 amide bonds. The van der Waals surface area contributed by atoms with E-state index >= 15 is 0 Å². The van der Waals surface area contributed by atoms with Crippen molar-refractivity contribution in [1.29, 1.82) is 0 Å². The molecule has 0 atom stereocenters. The van der Waals surface area contributed by atoms with Gasteiger partial charge in [-0.1, -0.05) is 19.8 Å². The van der Waals surface area contributed by atoms with Crippen molar-refractivity contribution < 1.29 is 9.50 Å². The van der Waals surface area contributed by atoms with Gasteiger partial charge in [0.25, 0.3) is 0 Å². The van der Waals surface area contributed by atoms with Crippen molar-refractivity contribution in [1.82, 2.24) is 0 Å². The second-order valence-electron chi connectivity index (χ2n) is 4.37. The van der Waals surface area contributed by atoms with Crippen LogP contribution in [0.15, 0.2) is 0 Å². The summed E-state index contributed by atoms with van der Waals surface area (Å²) in [6.07, 6.45) is 6.63. The Morgan fingerprint density at radius 3 is 2.08 bits per heavy atom. The first-order valence-corrected chi connectivity index (χ1v) is 4.81. The topological polar surface area (TPSA) is 20.2 Å². The summed E-state index contributed by atoms with van der Waals surface area (Å²) >= 11 is 0. The van der Waals surface area contributed by atoms with Gasteiger partial charge in [-0.05, 0) is 31.6 Å². The fraction of sp³-hybridized carbons (Fsp3) is 0.818.